The Morgan fingerprint density at radius 2 is 2.28 bits per heavy atom. The van der Waals surface area contributed by atoms with Crippen molar-refractivity contribution in [2.75, 3.05) is 27.2 Å². The number of aromatic carboxylic acids is 1. The van der Waals surface area contributed by atoms with E-state index >= 15 is 0 Å². The lowest BCUT2D eigenvalue weighted by Crippen LogP contribution is -2.41. The number of methoxy groups -OCH3 is 1. The van der Waals surface area contributed by atoms with Crippen molar-refractivity contribution in [3.8, 4) is 0 Å². The third-order valence-electron chi connectivity index (χ3n) is 3.63. The number of carbonyl (C=O) groups is 1. The van der Waals surface area contributed by atoms with Gasteiger partial charge in [0.2, 0.25) is 0 Å². The number of carboxylic acids is 1. The van der Waals surface area contributed by atoms with Gasteiger partial charge in [-0.25, -0.2) is 4.79 Å². The molecule has 0 spiro atoms. The maximum Gasteiger partial charge on any atom is 0.335 e. The molecule has 1 fully saturated rings. The predicted octanol–water partition coefficient (Wildman–Crippen LogP) is 1.82. The summed E-state index contributed by atoms with van der Waals surface area (Å²) in [6.07, 6.45) is 1.13. The average Bonchev–Trinajstić information content (AvgIpc) is 2.38. The van der Waals surface area contributed by atoms with Crippen LogP contribution in [0.1, 0.15) is 28.3 Å². The minimum Gasteiger partial charge on any atom is -0.478 e. The summed E-state index contributed by atoms with van der Waals surface area (Å²) in [4.78, 5) is 13.2. The van der Waals surface area contributed by atoms with E-state index in [1.807, 2.05) is 12.1 Å². The number of hydrogen-bond acceptors (Lipinski definition) is 3. The van der Waals surface area contributed by atoms with Gasteiger partial charge in [-0.15, -0.1) is 0 Å². The van der Waals surface area contributed by atoms with Crippen LogP contribution >= 0.6 is 0 Å². The molecule has 1 aliphatic rings. The summed E-state index contributed by atoms with van der Waals surface area (Å²) in [5.41, 5.74) is 1.41. The van der Waals surface area contributed by atoms with E-state index in [0.717, 1.165) is 25.1 Å². The fraction of sp³-hybridized carbons (Fsp3) is 0.500. The molecule has 0 aromatic heterocycles. The number of likely N-dealkylation sites (N-methyl/N-ethyl adjacent to an activating group) is 1. The maximum atomic E-state index is 11.0. The molecule has 2 atom stereocenters. The molecular formula is C14H19NO3. The van der Waals surface area contributed by atoms with Crippen LogP contribution in [0.4, 0.5) is 0 Å². The van der Waals surface area contributed by atoms with Gasteiger partial charge >= 0.3 is 5.97 Å². The van der Waals surface area contributed by atoms with Crippen molar-refractivity contribution in [2.24, 2.45) is 0 Å². The van der Waals surface area contributed by atoms with Gasteiger partial charge in [-0.3, -0.25) is 0 Å². The van der Waals surface area contributed by atoms with Gasteiger partial charge in [0.1, 0.15) is 0 Å². The molecule has 18 heavy (non-hydrogen) atoms. The van der Waals surface area contributed by atoms with Crippen LogP contribution in [-0.4, -0.2) is 49.3 Å². The topological polar surface area (TPSA) is 49.8 Å². The first kappa shape index (κ1) is 13.1. The molecule has 2 rings (SSSR count). The highest BCUT2D eigenvalue weighted by Crippen LogP contribution is 2.30. The van der Waals surface area contributed by atoms with Crippen molar-refractivity contribution < 1.29 is 14.6 Å². The van der Waals surface area contributed by atoms with Crippen LogP contribution in [0.15, 0.2) is 24.3 Å². The van der Waals surface area contributed by atoms with Crippen LogP contribution in [0.5, 0.6) is 0 Å². The molecule has 0 bridgehead atoms. The zero-order valence-electron chi connectivity index (χ0n) is 10.8. The van der Waals surface area contributed by atoms with Crippen LogP contribution < -0.4 is 0 Å². The first-order valence-electron chi connectivity index (χ1n) is 6.16. The van der Waals surface area contributed by atoms with Gasteiger partial charge in [0.15, 0.2) is 0 Å². The fourth-order valence-electron chi connectivity index (χ4n) is 2.59. The van der Waals surface area contributed by atoms with E-state index in [1.54, 1.807) is 19.2 Å². The van der Waals surface area contributed by atoms with Gasteiger partial charge in [-0.1, -0.05) is 12.1 Å². The van der Waals surface area contributed by atoms with Gasteiger partial charge in [0, 0.05) is 19.6 Å². The van der Waals surface area contributed by atoms with E-state index in [4.69, 9.17) is 9.84 Å². The zero-order valence-corrected chi connectivity index (χ0v) is 10.8. The number of rotatable bonds is 3. The number of carboxylic acid groups (broad SMARTS) is 1. The highest BCUT2D eigenvalue weighted by Gasteiger charge is 2.29. The molecule has 1 saturated heterocycles. The maximum absolute atomic E-state index is 11.0. The number of hydrogen-bond donors (Lipinski definition) is 1. The van der Waals surface area contributed by atoms with Crippen LogP contribution in [0, 0.1) is 0 Å². The largest absolute Gasteiger partial charge is 0.478 e. The number of ether oxygens (including phenoxy) is 1. The second kappa shape index (κ2) is 5.50. The van der Waals surface area contributed by atoms with Crippen LogP contribution in [0.25, 0.3) is 0 Å². The van der Waals surface area contributed by atoms with Crippen molar-refractivity contribution in [2.45, 2.75) is 18.4 Å². The average molecular weight is 249 g/mol. The van der Waals surface area contributed by atoms with E-state index in [2.05, 4.69) is 11.9 Å². The van der Waals surface area contributed by atoms with Crippen molar-refractivity contribution >= 4 is 5.97 Å². The molecule has 1 heterocycles. The highest BCUT2D eigenvalue weighted by molar-refractivity contribution is 5.87. The van der Waals surface area contributed by atoms with Crippen molar-refractivity contribution in [1.29, 1.82) is 0 Å². The van der Waals surface area contributed by atoms with Crippen molar-refractivity contribution in [3.05, 3.63) is 35.4 Å². The smallest absolute Gasteiger partial charge is 0.335 e. The number of benzene rings is 1. The normalized spacial score (nSPS) is 25.0. The summed E-state index contributed by atoms with van der Waals surface area (Å²) in [7, 11) is 3.80. The van der Waals surface area contributed by atoms with Crippen LogP contribution in [0.3, 0.4) is 0 Å². The molecule has 1 aromatic rings. The zero-order chi connectivity index (χ0) is 13.1. The van der Waals surface area contributed by atoms with E-state index in [1.165, 1.54) is 0 Å². The van der Waals surface area contributed by atoms with Gasteiger partial charge in [0.25, 0.3) is 0 Å². The summed E-state index contributed by atoms with van der Waals surface area (Å²) in [5.74, 6) is -0.593. The standard InChI is InChI=1S/C14H19NO3/c1-15-7-6-12(13(9-15)18-2)10-4-3-5-11(8-10)14(16)17/h3-5,8,12-13H,6-7,9H2,1-2H3,(H,16,17)/t12-,13?/m1/s1. The molecule has 1 unspecified atom stereocenters. The summed E-state index contributed by atoms with van der Waals surface area (Å²) in [6.45, 7) is 1.90. The van der Waals surface area contributed by atoms with Gasteiger partial charge in [-0.2, -0.15) is 0 Å². The van der Waals surface area contributed by atoms with Crippen LogP contribution in [-0.2, 0) is 4.74 Å². The molecule has 0 saturated carbocycles. The molecule has 0 radical (unpaired) electrons. The van der Waals surface area contributed by atoms with Crippen LogP contribution in [0.2, 0.25) is 0 Å². The molecule has 1 N–H and O–H groups in total. The minimum atomic E-state index is -0.876. The van der Waals surface area contributed by atoms with E-state index in [-0.39, 0.29) is 12.0 Å². The SMILES string of the molecule is COC1CN(C)CC[C@@H]1c1cccc(C(=O)O)c1. The molecule has 0 aliphatic carbocycles. The van der Waals surface area contributed by atoms with Crippen molar-refractivity contribution in [1.82, 2.24) is 4.90 Å². The Morgan fingerprint density at radius 3 is 2.94 bits per heavy atom. The Morgan fingerprint density at radius 1 is 1.50 bits per heavy atom. The molecule has 0 amide bonds. The number of likely N-dealkylation sites (tertiary alicyclic amines) is 1. The predicted molar refractivity (Wildman–Crippen MR) is 69.1 cm³/mol. The lowest BCUT2D eigenvalue weighted by molar-refractivity contribution is 0.0232. The Kier molecular flexibility index (Phi) is 3.99. The van der Waals surface area contributed by atoms with E-state index in [9.17, 15) is 4.79 Å². The Bertz CT molecular complexity index is 433. The summed E-state index contributed by atoms with van der Waals surface area (Å²) >= 11 is 0. The van der Waals surface area contributed by atoms with Gasteiger partial charge in [0.05, 0.1) is 11.7 Å². The number of piperidine rings is 1. The fourth-order valence-corrected chi connectivity index (χ4v) is 2.59. The monoisotopic (exact) mass is 249 g/mol. The summed E-state index contributed by atoms with van der Waals surface area (Å²) in [6, 6.07) is 7.20. The quantitative estimate of drug-likeness (QED) is 0.887. The first-order valence-corrected chi connectivity index (χ1v) is 6.16. The molecular weight excluding hydrogens is 230 g/mol. The highest BCUT2D eigenvalue weighted by atomic mass is 16.5. The van der Waals surface area contributed by atoms with E-state index in [0.29, 0.717) is 5.56 Å². The third-order valence-corrected chi connectivity index (χ3v) is 3.63. The Hall–Kier alpha value is -1.39. The minimum absolute atomic E-state index is 0.132. The molecule has 1 aliphatic heterocycles. The Labute approximate surface area is 107 Å². The molecule has 4 nitrogen and oxygen atoms in total. The molecule has 98 valence electrons. The first-order chi connectivity index (χ1) is 8.61. The second-order valence-electron chi connectivity index (χ2n) is 4.86. The Balaban J connectivity index is 2.24. The van der Waals surface area contributed by atoms with Crippen molar-refractivity contribution in [3.63, 3.8) is 0 Å². The number of nitrogens with zero attached hydrogens (tertiary/aromatic N) is 1. The summed E-state index contributed by atoms with van der Waals surface area (Å²) in [5, 5.41) is 9.03. The molecule has 4 heteroatoms. The molecule has 1 aromatic carbocycles. The summed E-state index contributed by atoms with van der Waals surface area (Å²) < 4.78 is 5.54. The lowest BCUT2D eigenvalue weighted by atomic mass is 9.86. The lowest BCUT2D eigenvalue weighted by Gasteiger charge is -2.36. The van der Waals surface area contributed by atoms with Gasteiger partial charge in [-0.05, 0) is 37.7 Å². The second-order valence-corrected chi connectivity index (χ2v) is 4.86. The third kappa shape index (κ3) is 2.71. The van der Waals surface area contributed by atoms with Gasteiger partial charge < -0.3 is 14.7 Å². The van der Waals surface area contributed by atoms with E-state index < -0.39 is 5.97 Å².